The molecule has 0 unspecified atom stereocenters. The van der Waals surface area contributed by atoms with Gasteiger partial charge in [-0.2, -0.15) is 15.3 Å². The fraction of sp³-hybridized carbons (Fsp3) is 0.258. The summed E-state index contributed by atoms with van der Waals surface area (Å²) in [6.07, 6.45) is 13.6. The van der Waals surface area contributed by atoms with Crippen molar-refractivity contribution in [2.75, 3.05) is 25.2 Å². The van der Waals surface area contributed by atoms with Gasteiger partial charge in [0.15, 0.2) is 6.29 Å². The van der Waals surface area contributed by atoms with Gasteiger partial charge in [0.25, 0.3) is 0 Å². The fourth-order valence-electron chi connectivity index (χ4n) is 3.97. The summed E-state index contributed by atoms with van der Waals surface area (Å²) < 4.78 is 14.9. The number of alkyl halides is 2. The predicted molar refractivity (Wildman–Crippen MR) is 169 cm³/mol. The van der Waals surface area contributed by atoms with Crippen LogP contribution in [0.3, 0.4) is 0 Å². The summed E-state index contributed by atoms with van der Waals surface area (Å²) in [4.78, 5) is 21.9. The van der Waals surface area contributed by atoms with E-state index in [2.05, 4.69) is 15.3 Å². The van der Waals surface area contributed by atoms with Gasteiger partial charge in [-0.1, -0.05) is 18.2 Å². The van der Waals surface area contributed by atoms with E-state index in [4.69, 9.17) is 37.8 Å². The number of nitrogens with zero attached hydrogens (tertiary/aromatic N) is 6. The largest absolute Gasteiger partial charge is 0.462 e. The maximum absolute atomic E-state index is 11.4. The number of carbonyl (C=O) groups excluding carboxylic acids is 2. The second-order valence-corrected chi connectivity index (χ2v) is 9.64. The highest BCUT2D eigenvalue weighted by Gasteiger charge is 2.12. The third-order valence-corrected chi connectivity index (χ3v) is 6.01. The summed E-state index contributed by atoms with van der Waals surface area (Å²) in [5.41, 5.74) is 4.59. The molecule has 11 nitrogen and oxygen atoms in total. The molecule has 1 fully saturated rings. The first-order chi connectivity index (χ1) is 21.6. The Kier molecular flexibility index (Phi) is 14.8. The summed E-state index contributed by atoms with van der Waals surface area (Å²) in [6.45, 7) is 4.21. The molecule has 7 rings (SSSR count). The standard InChI is InChI=1S/C10H10N2O2.C8H8N2O.C8H6N2O.C4H8O.CH2Cl2/c1-2-14-10(13)8-7-11-12-6-4-3-5-9(8)12;2*11-6-7-5-9-10-4-2-1-3-8(7)10;1-2-4-5-3-1;2-1-3/h3-7H,2H2,1H3;1-5,11H,6H2;1-6H;1-4H2;1H2. The Balaban J connectivity index is 0.000000161. The van der Waals surface area contributed by atoms with E-state index in [-0.39, 0.29) is 17.9 Å². The zero-order valence-corrected chi connectivity index (χ0v) is 25.7. The van der Waals surface area contributed by atoms with Gasteiger partial charge in [-0.15, -0.1) is 23.2 Å². The minimum absolute atomic E-state index is 0.0491. The predicted octanol–water partition coefficient (Wildman–Crippen LogP) is 5.70. The van der Waals surface area contributed by atoms with Gasteiger partial charge in [0.05, 0.1) is 59.3 Å². The van der Waals surface area contributed by atoms with Gasteiger partial charge >= 0.3 is 5.97 Å². The van der Waals surface area contributed by atoms with Gasteiger partial charge in [0.1, 0.15) is 5.56 Å². The maximum Gasteiger partial charge on any atom is 0.341 e. The van der Waals surface area contributed by atoms with Crippen LogP contribution in [0.1, 0.15) is 46.0 Å². The summed E-state index contributed by atoms with van der Waals surface area (Å²) in [5.74, 6) is -0.325. The smallest absolute Gasteiger partial charge is 0.341 e. The Labute approximate surface area is 264 Å². The SMILES string of the molecule is C1CCOC1.CCOC(=O)c1cnn2ccccc12.ClCCl.O=Cc1cnn2ccccc12.OCc1cnn2ccccc12. The number of carbonyl (C=O) groups is 2. The maximum atomic E-state index is 11.4. The van der Waals surface area contributed by atoms with E-state index in [0.717, 1.165) is 41.6 Å². The number of rotatable bonds is 4. The average molecular weight is 642 g/mol. The van der Waals surface area contributed by atoms with Gasteiger partial charge in [-0.05, 0) is 56.2 Å². The van der Waals surface area contributed by atoms with E-state index in [1.165, 1.54) is 19.0 Å². The first-order valence-corrected chi connectivity index (χ1v) is 14.8. The third-order valence-electron chi connectivity index (χ3n) is 6.01. The van der Waals surface area contributed by atoms with Crippen LogP contribution in [0, 0.1) is 0 Å². The Hall–Kier alpha value is -4.29. The van der Waals surface area contributed by atoms with Crippen molar-refractivity contribution in [2.45, 2.75) is 26.4 Å². The highest BCUT2D eigenvalue weighted by molar-refractivity contribution is 6.40. The summed E-state index contributed by atoms with van der Waals surface area (Å²) in [6, 6.07) is 16.9. The lowest BCUT2D eigenvalue weighted by atomic mass is 10.3. The van der Waals surface area contributed by atoms with Crippen LogP contribution in [0.15, 0.2) is 91.8 Å². The Morgan fingerprint density at radius 3 is 1.93 bits per heavy atom. The molecule has 1 aliphatic heterocycles. The lowest BCUT2D eigenvalue weighted by Gasteiger charge is -1.98. The van der Waals surface area contributed by atoms with E-state index in [1.807, 2.05) is 67.0 Å². The van der Waals surface area contributed by atoms with Crippen molar-refractivity contribution < 1.29 is 24.2 Å². The van der Waals surface area contributed by atoms with Crippen LogP contribution >= 0.6 is 23.2 Å². The molecule has 232 valence electrons. The number of esters is 1. The van der Waals surface area contributed by atoms with Crippen molar-refractivity contribution in [3.05, 3.63) is 108 Å². The minimum Gasteiger partial charge on any atom is -0.462 e. The molecule has 7 heterocycles. The molecular formula is C31H34Cl2N6O5. The Morgan fingerprint density at radius 2 is 1.39 bits per heavy atom. The molecule has 1 saturated heterocycles. The first-order valence-electron chi connectivity index (χ1n) is 13.8. The van der Waals surface area contributed by atoms with Gasteiger partial charge < -0.3 is 14.6 Å². The lowest BCUT2D eigenvalue weighted by molar-refractivity contribution is 0.0528. The molecule has 0 atom stereocenters. The zero-order chi connectivity index (χ0) is 31.6. The number of aromatic nitrogens is 6. The molecule has 0 saturated carbocycles. The van der Waals surface area contributed by atoms with Crippen molar-refractivity contribution >= 4 is 52.0 Å². The van der Waals surface area contributed by atoms with Crippen molar-refractivity contribution in [1.29, 1.82) is 0 Å². The van der Waals surface area contributed by atoms with E-state index in [0.29, 0.717) is 17.7 Å². The number of fused-ring (bicyclic) bond motifs is 3. The van der Waals surface area contributed by atoms with Crippen LogP contribution in [0.4, 0.5) is 0 Å². The summed E-state index contributed by atoms with van der Waals surface area (Å²) >= 11 is 9.53. The van der Waals surface area contributed by atoms with Crippen LogP contribution < -0.4 is 0 Å². The molecule has 44 heavy (non-hydrogen) atoms. The number of hydrogen-bond acceptors (Lipinski definition) is 8. The molecule has 0 radical (unpaired) electrons. The second kappa shape index (κ2) is 19.1. The zero-order valence-electron chi connectivity index (χ0n) is 24.2. The van der Waals surface area contributed by atoms with Gasteiger partial charge in [-0.25, -0.2) is 18.3 Å². The van der Waals surface area contributed by atoms with Crippen LogP contribution in [0.2, 0.25) is 0 Å². The molecule has 6 aromatic rings. The molecule has 0 aromatic carbocycles. The normalized spacial score (nSPS) is 11.6. The van der Waals surface area contributed by atoms with E-state index in [9.17, 15) is 9.59 Å². The second-order valence-electron chi connectivity index (χ2n) is 8.84. The monoisotopic (exact) mass is 640 g/mol. The minimum atomic E-state index is -0.325. The van der Waals surface area contributed by atoms with Crippen LogP contribution in [0.5, 0.6) is 0 Å². The molecule has 0 aliphatic carbocycles. The van der Waals surface area contributed by atoms with Crippen LogP contribution in [-0.2, 0) is 16.1 Å². The Morgan fingerprint density at radius 1 is 0.864 bits per heavy atom. The molecular weight excluding hydrogens is 607 g/mol. The van der Waals surface area contributed by atoms with Crippen LogP contribution in [-0.4, -0.2) is 71.4 Å². The molecule has 1 N–H and O–H groups in total. The number of hydrogen-bond donors (Lipinski definition) is 1. The lowest BCUT2D eigenvalue weighted by Crippen LogP contribution is -2.03. The van der Waals surface area contributed by atoms with Crippen LogP contribution in [0.25, 0.3) is 16.6 Å². The topological polar surface area (TPSA) is 125 Å². The molecule has 0 bridgehead atoms. The number of aldehydes is 1. The summed E-state index contributed by atoms with van der Waals surface area (Å²) in [5, 5.41) is 21.1. The van der Waals surface area contributed by atoms with E-state index < -0.39 is 0 Å². The van der Waals surface area contributed by atoms with Crippen molar-refractivity contribution in [3.8, 4) is 0 Å². The third kappa shape index (κ3) is 9.88. The number of halogens is 2. The highest BCUT2D eigenvalue weighted by atomic mass is 35.5. The number of aliphatic hydroxyl groups excluding tert-OH is 1. The van der Waals surface area contributed by atoms with Gasteiger partial charge in [0, 0.05) is 37.4 Å². The first kappa shape index (κ1) is 34.2. The van der Waals surface area contributed by atoms with E-state index >= 15 is 0 Å². The van der Waals surface area contributed by atoms with Crippen molar-refractivity contribution in [1.82, 2.24) is 28.8 Å². The fourth-order valence-corrected chi connectivity index (χ4v) is 3.97. The van der Waals surface area contributed by atoms with Gasteiger partial charge in [-0.3, -0.25) is 4.79 Å². The van der Waals surface area contributed by atoms with Crippen molar-refractivity contribution in [2.24, 2.45) is 0 Å². The Bertz CT molecular complexity index is 1710. The molecule has 0 amide bonds. The quantitative estimate of drug-likeness (QED) is 0.148. The molecule has 0 spiro atoms. The molecule has 13 heteroatoms. The number of pyridine rings is 3. The average Bonchev–Trinajstić information content (AvgIpc) is 3.89. The number of aliphatic hydroxyl groups is 1. The van der Waals surface area contributed by atoms with Gasteiger partial charge in [0.2, 0.25) is 0 Å². The number of ether oxygens (including phenoxy) is 2. The highest BCUT2D eigenvalue weighted by Crippen LogP contribution is 2.11. The molecule has 6 aromatic heterocycles. The summed E-state index contributed by atoms with van der Waals surface area (Å²) in [7, 11) is 0. The molecule has 1 aliphatic rings. The van der Waals surface area contributed by atoms with E-state index in [1.54, 1.807) is 39.1 Å². The van der Waals surface area contributed by atoms with Crippen molar-refractivity contribution in [3.63, 3.8) is 0 Å².